The fourth-order valence-electron chi connectivity index (χ4n) is 4.52. The van der Waals surface area contributed by atoms with Crippen molar-refractivity contribution in [2.45, 2.75) is 0 Å². The van der Waals surface area contributed by atoms with Gasteiger partial charge in [-0.1, -0.05) is 42.5 Å². The van der Waals surface area contributed by atoms with Crippen molar-refractivity contribution in [3.63, 3.8) is 0 Å². The van der Waals surface area contributed by atoms with Gasteiger partial charge in [0.15, 0.2) is 5.65 Å². The van der Waals surface area contributed by atoms with E-state index in [1.807, 2.05) is 42.5 Å². The summed E-state index contributed by atoms with van der Waals surface area (Å²) in [7, 11) is 0. The van der Waals surface area contributed by atoms with Gasteiger partial charge >= 0.3 is 0 Å². The molecule has 0 saturated carbocycles. The van der Waals surface area contributed by atoms with E-state index in [1.165, 1.54) is 0 Å². The van der Waals surface area contributed by atoms with Gasteiger partial charge in [0, 0.05) is 49.3 Å². The number of aromatic nitrogens is 3. The summed E-state index contributed by atoms with van der Waals surface area (Å²) in [5.41, 5.74) is 4.85. The smallest absolute Gasteiger partial charge is 0.274 e. The number of hydrogen-bond acceptors (Lipinski definition) is 5. The van der Waals surface area contributed by atoms with Crippen LogP contribution in [0.1, 0.15) is 10.5 Å². The fourth-order valence-corrected chi connectivity index (χ4v) is 4.52. The Morgan fingerprint density at radius 1 is 0.882 bits per heavy atom. The van der Waals surface area contributed by atoms with E-state index in [1.54, 1.807) is 23.0 Å². The van der Waals surface area contributed by atoms with Crippen molar-refractivity contribution in [2.24, 2.45) is 0 Å². The number of nitrogens with one attached hydrogen (secondary N) is 2. The molecule has 5 aromatic rings. The van der Waals surface area contributed by atoms with E-state index < -0.39 is 0 Å². The highest BCUT2D eigenvalue weighted by molar-refractivity contribution is 6.04. The summed E-state index contributed by atoms with van der Waals surface area (Å²) in [6.45, 7) is 3.95. The third-order valence-corrected chi connectivity index (χ3v) is 6.29. The van der Waals surface area contributed by atoms with Crippen LogP contribution in [0.5, 0.6) is 0 Å². The van der Waals surface area contributed by atoms with Crippen molar-refractivity contribution in [3.05, 3.63) is 90.9 Å². The number of benzene rings is 3. The number of amides is 1. The predicted molar refractivity (Wildman–Crippen MR) is 135 cm³/mol. The first-order valence-electron chi connectivity index (χ1n) is 11.5. The summed E-state index contributed by atoms with van der Waals surface area (Å²) < 4.78 is 1.70. The van der Waals surface area contributed by atoms with Crippen molar-refractivity contribution < 1.29 is 4.79 Å². The van der Waals surface area contributed by atoms with E-state index in [4.69, 9.17) is 0 Å². The Bertz CT molecular complexity index is 1480. The lowest BCUT2D eigenvalue weighted by molar-refractivity contribution is 0.102. The van der Waals surface area contributed by atoms with Gasteiger partial charge in [-0.2, -0.15) is 5.10 Å². The second kappa shape index (κ2) is 8.61. The summed E-state index contributed by atoms with van der Waals surface area (Å²) in [4.78, 5) is 20.0. The molecule has 0 radical (unpaired) electrons. The molecule has 1 aliphatic rings. The Morgan fingerprint density at radius 3 is 2.53 bits per heavy atom. The van der Waals surface area contributed by atoms with Crippen LogP contribution in [-0.2, 0) is 0 Å². The molecule has 6 rings (SSSR count). The zero-order chi connectivity index (χ0) is 22.9. The maximum atomic E-state index is 13.0. The molecule has 7 nitrogen and oxygen atoms in total. The molecule has 0 aliphatic carbocycles. The maximum Gasteiger partial charge on any atom is 0.274 e. The predicted octanol–water partition coefficient (Wildman–Crippen LogP) is 4.21. The highest BCUT2D eigenvalue weighted by atomic mass is 16.1. The number of carbonyl (C=O) groups excluding carboxylic acids is 1. The SMILES string of the molecule is O=C(Nc1ccc(N2CCNCC2)cc1)c1ccn2ncc(-c3cccc4ccccc34)c2n1. The fraction of sp³-hybridized carbons (Fsp3) is 0.148. The van der Waals surface area contributed by atoms with Crippen molar-refractivity contribution in [2.75, 3.05) is 36.4 Å². The third-order valence-electron chi connectivity index (χ3n) is 6.29. The van der Waals surface area contributed by atoms with Gasteiger partial charge in [0.25, 0.3) is 5.91 Å². The van der Waals surface area contributed by atoms with Crippen molar-refractivity contribution >= 4 is 33.7 Å². The first-order valence-corrected chi connectivity index (χ1v) is 11.5. The Balaban J connectivity index is 1.28. The third kappa shape index (κ3) is 3.76. The van der Waals surface area contributed by atoms with Crippen LogP contribution in [0.25, 0.3) is 27.5 Å². The zero-order valence-corrected chi connectivity index (χ0v) is 18.6. The highest BCUT2D eigenvalue weighted by Crippen LogP contribution is 2.31. The summed E-state index contributed by atoms with van der Waals surface area (Å²) in [6.07, 6.45) is 3.58. The topological polar surface area (TPSA) is 74.6 Å². The second-order valence-corrected chi connectivity index (χ2v) is 8.40. The largest absolute Gasteiger partial charge is 0.369 e. The Morgan fingerprint density at radius 2 is 1.68 bits per heavy atom. The lowest BCUT2D eigenvalue weighted by atomic mass is 10.0. The van der Waals surface area contributed by atoms with E-state index in [0.29, 0.717) is 11.3 Å². The summed E-state index contributed by atoms with van der Waals surface area (Å²) in [6, 6.07) is 24.1. The Hall–Kier alpha value is -4.23. The molecule has 0 atom stereocenters. The molecule has 34 heavy (non-hydrogen) atoms. The normalized spacial score (nSPS) is 13.9. The molecule has 0 bridgehead atoms. The summed E-state index contributed by atoms with van der Waals surface area (Å²) in [5, 5.41) is 13.1. The van der Waals surface area contributed by atoms with Gasteiger partial charge in [0.05, 0.1) is 6.20 Å². The quantitative estimate of drug-likeness (QED) is 0.431. The molecule has 0 unspecified atom stereocenters. The number of nitrogens with zero attached hydrogens (tertiary/aromatic N) is 4. The van der Waals surface area contributed by atoms with Gasteiger partial charge in [-0.05, 0) is 46.7 Å². The average molecular weight is 449 g/mol. The van der Waals surface area contributed by atoms with Crippen LogP contribution in [0.2, 0.25) is 0 Å². The minimum Gasteiger partial charge on any atom is -0.369 e. The Labute approximate surface area is 197 Å². The van der Waals surface area contributed by atoms with Gasteiger partial charge in [-0.3, -0.25) is 4.79 Å². The maximum absolute atomic E-state index is 13.0. The second-order valence-electron chi connectivity index (χ2n) is 8.40. The lowest BCUT2D eigenvalue weighted by Crippen LogP contribution is -2.43. The standard InChI is InChI=1S/C27H24N6O/c34-27(30-20-8-10-21(11-9-20)32-16-13-28-14-17-32)25-12-15-33-26(31-25)24(18-29-33)23-7-3-5-19-4-1-2-6-22(19)23/h1-12,15,18,28H,13-14,16-17H2,(H,30,34). The molecule has 1 fully saturated rings. The van der Waals surface area contributed by atoms with Gasteiger partial charge < -0.3 is 15.5 Å². The monoisotopic (exact) mass is 448 g/mol. The molecule has 168 valence electrons. The van der Waals surface area contributed by atoms with Crippen LogP contribution in [-0.4, -0.2) is 46.7 Å². The van der Waals surface area contributed by atoms with Crippen LogP contribution < -0.4 is 15.5 Å². The summed E-state index contributed by atoms with van der Waals surface area (Å²) >= 11 is 0. The van der Waals surface area contributed by atoms with Gasteiger partial charge in [0.1, 0.15) is 5.69 Å². The molecule has 2 aromatic heterocycles. The van der Waals surface area contributed by atoms with Crippen LogP contribution >= 0.6 is 0 Å². The lowest BCUT2D eigenvalue weighted by Gasteiger charge is -2.29. The number of carbonyl (C=O) groups is 1. The molecule has 2 N–H and O–H groups in total. The van der Waals surface area contributed by atoms with Crippen LogP contribution in [0, 0.1) is 0 Å². The van der Waals surface area contributed by atoms with Crippen molar-refractivity contribution in [1.82, 2.24) is 19.9 Å². The minimum atomic E-state index is -0.248. The molecule has 0 spiro atoms. The number of fused-ring (bicyclic) bond motifs is 2. The molecule has 3 heterocycles. The average Bonchev–Trinajstić information content (AvgIpc) is 3.32. The molecular weight excluding hydrogens is 424 g/mol. The van der Waals surface area contributed by atoms with E-state index in [0.717, 1.165) is 59.5 Å². The number of hydrogen-bond donors (Lipinski definition) is 2. The first kappa shape index (κ1) is 20.4. The van der Waals surface area contributed by atoms with E-state index >= 15 is 0 Å². The van der Waals surface area contributed by atoms with Crippen LogP contribution in [0.15, 0.2) is 85.2 Å². The molecule has 1 saturated heterocycles. The molecule has 1 aliphatic heterocycles. The van der Waals surface area contributed by atoms with E-state index in [2.05, 4.69) is 49.9 Å². The van der Waals surface area contributed by atoms with Crippen LogP contribution in [0.4, 0.5) is 11.4 Å². The molecule has 3 aromatic carbocycles. The number of anilines is 2. The van der Waals surface area contributed by atoms with Gasteiger partial charge in [0.2, 0.25) is 0 Å². The van der Waals surface area contributed by atoms with Crippen molar-refractivity contribution in [3.8, 4) is 11.1 Å². The van der Waals surface area contributed by atoms with Gasteiger partial charge in [-0.15, -0.1) is 0 Å². The highest BCUT2D eigenvalue weighted by Gasteiger charge is 2.15. The summed E-state index contributed by atoms with van der Waals surface area (Å²) in [5.74, 6) is -0.248. The number of piperazine rings is 1. The zero-order valence-electron chi connectivity index (χ0n) is 18.6. The molecular formula is C27H24N6O. The minimum absolute atomic E-state index is 0.248. The molecule has 7 heteroatoms. The molecule has 1 amide bonds. The van der Waals surface area contributed by atoms with Gasteiger partial charge in [-0.25, -0.2) is 9.50 Å². The van der Waals surface area contributed by atoms with E-state index in [9.17, 15) is 4.79 Å². The Kier molecular flexibility index (Phi) is 5.16. The van der Waals surface area contributed by atoms with Crippen molar-refractivity contribution in [1.29, 1.82) is 0 Å². The first-order chi connectivity index (χ1) is 16.8. The number of rotatable bonds is 4. The van der Waals surface area contributed by atoms with Crippen LogP contribution in [0.3, 0.4) is 0 Å². The van der Waals surface area contributed by atoms with E-state index in [-0.39, 0.29) is 5.91 Å².